The van der Waals surface area contributed by atoms with Crippen molar-refractivity contribution in [3.63, 3.8) is 0 Å². The van der Waals surface area contributed by atoms with Crippen molar-refractivity contribution in [3.8, 4) is 0 Å². The highest BCUT2D eigenvalue weighted by Gasteiger charge is 2.31. The van der Waals surface area contributed by atoms with Gasteiger partial charge in [-0.1, -0.05) is 12.8 Å². The molecule has 2 fully saturated rings. The van der Waals surface area contributed by atoms with Gasteiger partial charge in [-0.2, -0.15) is 0 Å². The lowest BCUT2D eigenvalue weighted by Crippen LogP contribution is -2.50. The molecule has 2 N–H and O–H groups in total. The summed E-state index contributed by atoms with van der Waals surface area (Å²) in [6.07, 6.45) is 6.34. The van der Waals surface area contributed by atoms with Crippen LogP contribution in [-0.4, -0.2) is 46.2 Å². The number of hydrogen-bond donors (Lipinski definition) is 2. The van der Waals surface area contributed by atoms with E-state index in [9.17, 15) is 15.2 Å². The van der Waals surface area contributed by atoms with Gasteiger partial charge in [-0.3, -0.25) is 15.0 Å². The van der Waals surface area contributed by atoms with Crippen molar-refractivity contribution < 1.29 is 10.0 Å². The summed E-state index contributed by atoms with van der Waals surface area (Å²) in [5.41, 5.74) is 2.03. The van der Waals surface area contributed by atoms with Gasteiger partial charge in [-0.05, 0) is 44.2 Å². The summed E-state index contributed by atoms with van der Waals surface area (Å²) in [6, 6.07) is 5.71. The van der Waals surface area contributed by atoms with Crippen molar-refractivity contribution in [2.75, 3.05) is 18.4 Å². The molecule has 1 aromatic carbocycles. The van der Waals surface area contributed by atoms with Gasteiger partial charge >= 0.3 is 0 Å². The number of aliphatic hydroxyl groups is 1. The molecule has 1 aliphatic carbocycles. The van der Waals surface area contributed by atoms with Crippen LogP contribution in [0.3, 0.4) is 0 Å². The molecule has 0 amide bonds. The Balaban J connectivity index is 1.54. The molecule has 1 saturated carbocycles. The first-order chi connectivity index (χ1) is 11.5. The van der Waals surface area contributed by atoms with E-state index in [1.807, 2.05) is 13.0 Å². The Labute approximate surface area is 143 Å². The van der Waals surface area contributed by atoms with Crippen LogP contribution in [0.2, 0.25) is 0 Å². The zero-order chi connectivity index (χ0) is 17.1. The molecule has 1 aliphatic heterocycles. The van der Waals surface area contributed by atoms with Crippen LogP contribution in [0.15, 0.2) is 18.2 Å². The molecule has 1 heterocycles. The third-order valence-corrected chi connectivity index (χ3v) is 5.47. The lowest BCUT2D eigenvalue weighted by molar-refractivity contribution is -0.384. The van der Waals surface area contributed by atoms with E-state index in [1.165, 1.54) is 6.42 Å². The van der Waals surface area contributed by atoms with Gasteiger partial charge in [-0.15, -0.1) is 0 Å². The van der Waals surface area contributed by atoms with Gasteiger partial charge in [0.2, 0.25) is 0 Å². The summed E-state index contributed by atoms with van der Waals surface area (Å²) in [5.74, 6) is 0. The van der Waals surface area contributed by atoms with E-state index in [4.69, 9.17) is 0 Å². The minimum absolute atomic E-state index is 0.138. The first-order valence-corrected chi connectivity index (χ1v) is 8.98. The molecule has 1 saturated heterocycles. The zero-order valence-corrected chi connectivity index (χ0v) is 14.3. The average Bonchev–Trinajstić information content (AvgIpc) is 2.58. The normalized spacial score (nSPS) is 26.2. The number of anilines is 1. The standard InChI is InChI=1S/C18H27N3O3/c1-13-12-15(21(23)24)6-7-16(13)19-14-8-10-20(11-9-14)17-4-2-3-5-18(17)22/h6-7,12,14,17-19,22H,2-5,8-11H2,1H3. The summed E-state index contributed by atoms with van der Waals surface area (Å²) in [7, 11) is 0. The Morgan fingerprint density at radius 1 is 1.21 bits per heavy atom. The maximum Gasteiger partial charge on any atom is 0.269 e. The molecule has 0 spiro atoms. The molecule has 0 aromatic heterocycles. The van der Waals surface area contributed by atoms with Crippen molar-refractivity contribution in [1.29, 1.82) is 0 Å². The van der Waals surface area contributed by atoms with E-state index in [0.29, 0.717) is 12.1 Å². The number of non-ortho nitro benzene ring substituents is 1. The Bertz CT molecular complexity index is 585. The molecule has 6 nitrogen and oxygen atoms in total. The van der Waals surface area contributed by atoms with Gasteiger partial charge < -0.3 is 10.4 Å². The van der Waals surface area contributed by atoms with Gasteiger partial charge in [0, 0.05) is 43.0 Å². The molecule has 132 valence electrons. The monoisotopic (exact) mass is 333 g/mol. The molecule has 2 atom stereocenters. The van der Waals surface area contributed by atoms with Crippen LogP contribution in [0.4, 0.5) is 11.4 Å². The number of likely N-dealkylation sites (tertiary alicyclic amines) is 1. The first kappa shape index (κ1) is 17.2. The number of nitro benzene ring substituents is 1. The lowest BCUT2D eigenvalue weighted by atomic mass is 9.89. The quantitative estimate of drug-likeness (QED) is 0.654. The molecule has 1 aromatic rings. The maximum atomic E-state index is 10.8. The van der Waals surface area contributed by atoms with Crippen LogP contribution in [0.1, 0.15) is 44.1 Å². The molecule has 3 rings (SSSR count). The molecular formula is C18H27N3O3. The highest BCUT2D eigenvalue weighted by Crippen LogP contribution is 2.28. The molecular weight excluding hydrogens is 306 g/mol. The predicted molar refractivity (Wildman–Crippen MR) is 94.3 cm³/mol. The smallest absolute Gasteiger partial charge is 0.269 e. The molecule has 0 bridgehead atoms. The largest absolute Gasteiger partial charge is 0.391 e. The van der Waals surface area contributed by atoms with Gasteiger partial charge in [0.25, 0.3) is 5.69 Å². The predicted octanol–water partition coefficient (Wildman–Crippen LogP) is 3.08. The van der Waals surface area contributed by atoms with Crippen molar-refractivity contribution >= 4 is 11.4 Å². The van der Waals surface area contributed by atoms with E-state index in [-0.39, 0.29) is 16.7 Å². The third-order valence-electron chi connectivity index (χ3n) is 5.47. The Kier molecular flexibility index (Phi) is 5.36. The van der Waals surface area contributed by atoms with Crippen LogP contribution in [0.25, 0.3) is 0 Å². The molecule has 0 radical (unpaired) electrons. The molecule has 24 heavy (non-hydrogen) atoms. The molecule has 2 aliphatic rings. The lowest BCUT2D eigenvalue weighted by Gasteiger charge is -2.41. The van der Waals surface area contributed by atoms with Crippen LogP contribution in [0, 0.1) is 17.0 Å². The first-order valence-electron chi connectivity index (χ1n) is 8.98. The Morgan fingerprint density at radius 3 is 2.54 bits per heavy atom. The average molecular weight is 333 g/mol. The van der Waals surface area contributed by atoms with E-state index in [1.54, 1.807) is 12.1 Å². The minimum atomic E-state index is -0.356. The van der Waals surface area contributed by atoms with Crippen molar-refractivity contribution in [3.05, 3.63) is 33.9 Å². The summed E-state index contributed by atoms with van der Waals surface area (Å²) in [6.45, 7) is 3.92. The van der Waals surface area contributed by atoms with Gasteiger partial charge in [0.05, 0.1) is 11.0 Å². The second-order valence-corrected chi connectivity index (χ2v) is 7.13. The van der Waals surface area contributed by atoms with E-state index in [0.717, 1.165) is 56.4 Å². The highest BCUT2D eigenvalue weighted by molar-refractivity contribution is 5.55. The number of aliphatic hydroxyl groups excluding tert-OH is 1. The number of nitrogens with zero attached hydrogens (tertiary/aromatic N) is 2. The fourth-order valence-corrected chi connectivity index (χ4v) is 4.04. The minimum Gasteiger partial charge on any atom is -0.391 e. The number of aryl methyl sites for hydroxylation is 1. The number of rotatable bonds is 4. The molecule has 6 heteroatoms. The fraction of sp³-hybridized carbons (Fsp3) is 0.667. The SMILES string of the molecule is Cc1cc([N+](=O)[O-])ccc1NC1CCN(C2CCCCC2O)CC1. The number of benzene rings is 1. The van der Waals surface area contributed by atoms with E-state index >= 15 is 0 Å². The number of piperidine rings is 1. The van der Waals surface area contributed by atoms with Gasteiger partial charge in [0.15, 0.2) is 0 Å². The summed E-state index contributed by atoms with van der Waals surface area (Å²) in [5, 5.41) is 24.6. The summed E-state index contributed by atoms with van der Waals surface area (Å²) in [4.78, 5) is 12.9. The second-order valence-electron chi connectivity index (χ2n) is 7.13. The topological polar surface area (TPSA) is 78.6 Å². The van der Waals surface area contributed by atoms with Crippen molar-refractivity contribution in [2.45, 2.75) is 63.6 Å². The summed E-state index contributed by atoms with van der Waals surface area (Å²) >= 11 is 0. The Hall–Kier alpha value is -1.66. The summed E-state index contributed by atoms with van der Waals surface area (Å²) < 4.78 is 0. The van der Waals surface area contributed by atoms with Crippen LogP contribution in [0.5, 0.6) is 0 Å². The van der Waals surface area contributed by atoms with Crippen LogP contribution in [-0.2, 0) is 0 Å². The van der Waals surface area contributed by atoms with Crippen LogP contribution < -0.4 is 5.32 Å². The fourth-order valence-electron chi connectivity index (χ4n) is 4.04. The number of nitro groups is 1. The van der Waals surface area contributed by atoms with Crippen LogP contribution >= 0.6 is 0 Å². The second kappa shape index (κ2) is 7.49. The van der Waals surface area contributed by atoms with Gasteiger partial charge in [-0.25, -0.2) is 0 Å². The van der Waals surface area contributed by atoms with Crippen molar-refractivity contribution in [2.24, 2.45) is 0 Å². The third kappa shape index (κ3) is 3.87. The zero-order valence-electron chi connectivity index (χ0n) is 14.3. The Morgan fingerprint density at radius 2 is 1.92 bits per heavy atom. The highest BCUT2D eigenvalue weighted by atomic mass is 16.6. The maximum absolute atomic E-state index is 10.8. The number of hydrogen-bond acceptors (Lipinski definition) is 5. The van der Waals surface area contributed by atoms with Crippen molar-refractivity contribution in [1.82, 2.24) is 4.90 Å². The molecule has 2 unspecified atom stereocenters. The van der Waals surface area contributed by atoms with Gasteiger partial charge in [0.1, 0.15) is 0 Å². The van der Waals surface area contributed by atoms with E-state index in [2.05, 4.69) is 10.2 Å². The van der Waals surface area contributed by atoms with E-state index < -0.39 is 0 Å². The number of nitrogens with one attached hydrogen (secondary N) is 1.